The van der Waals surface area contributed by atoms with E-state index in [0.29, 0.717) is 5.69 Å². The molecule has 0 aromatic heterocycles. The number of anilines is 2. The predicted molar refractivity (Wildman–Crippen MR) is 73.8 cm³/mol. The highest BCUT2D eigenvalue weighted by Gasteiger charge is 2.12. The summed E-state index contributed by atoms with van der Waals surface area (Å²) in [5.41, 5.74) is 0.306. The van der Waals surface area contributed by atoms with E-state index in [0.717, 1.165) is 18.2 Å². The van der Waals surface area contributed by atoms with Gasteiger partial charge in [-0.1, -0.05) is 18.2 Å². The number of nitrogens with one attached hydrogen (secondary N) is 2. The molecule has 0 spiro atoms. The van der Waals surface area contributed by atoms with Crippen LogP contribution in [0.25, 0.3) is 0 Å². The fourth-order valence-electron chi connectivity index (χ4n) is 1.54. The van der Waals surface area contributed by atoms with Gasteiger partial charge in [-0.05, 0) is 18.2 Å². The first-order chi connectivity index (χ1) is 9.56. The number of aromatic hydroxyl groups is 1. The summed E-state index contributed by atoms with van der Waals surface area (Å²) >= 11 is 0. The minimum absolute atomic E-state index is 0.0346. The predicted octanol–water partition coefficient (Wildman–Crippen LogP) is 2.94. The second-order valence-electron chi connectivity index (χ2n) is 3.90. The summed E-state index contributed by atoms with van der Waals surface area (Å²) in [5.74, 6) is -0.251. The van der Waals surface area contributed by atoms with E-state index < -0.39 is 11.0 Å². The number of para-hydroxylation sites is 1. The van der Waals surface area contributed by atoms with Gasteiger partial charge in [0.05, 0.1) is 10.6 Å². The first-order valence-electron chi connectivity index (χ1n) is 5.67. The molecular formula is C13H11N3O4. The normalized spacial score (nSPS) is 9.80. The van der Waals surface area contributed by atoms with Gasteiger partial charge in [-0.15, -0.1) is 0 Å². The Morgan fingerprint density at radius 3 is 2.45 bits per heavy atom. The molecule has 0 unspecified atom stereocenters. The third-order valence-corrected chi connectivity index (χ3v) is 2.47. The number of phenolic OH excluding ortho intramolecular Hbond substituents is 1. The number of carbonyl (C=O) groups is 1. The van der Waals surface area contributed by atoms with Crippen LogP contribution in [-0.2, 0) is 0 Å². The van der Waals surface area contributed by atoms with E-state index in [-0.39, 0.29) is 17.1 Å². The quantitative estimate of drug-likeness (QED) is 0.454. The number of hydrogen-bond donors (Lipinski definition) is 3. The van der Waals surface area contributed by atoms with Gasteiger partial charge in [-0.25, -0.2) is 4.79 Å². The first-order valence-corrected chi connectivity index (χ1v) is 5.67. The monoisotopic (exact) mass is 273 g/mol. The zero-order chi connectivity index (χ0) is 14.5. The molecule has 0 saturated carbocycles. The third kappa shape index (κ3) is 3.22. The number of benzene rings is 2. The van der Waals surface area contributed by atoms with E-state index in [1.54, 1.807) is 30.3 Å². The van der Waals surface area contributed by atoms with Crippen LogP contribution in [0.2, 0.25) is 0 Å². The summed E-state index contributed by atoms with van der Waals surface area (Å²) in [5, 5.41) is 25.1. The van der Waals surface area contributed by atoms with Crippen LogP contribution in [0.15, 0.2) is 48.5 Å². The van der Waals surface area contributed by atoms with Crippen molar-refractivity contribution in [2.24, 2.45) is 0 Å². The molecule has 7 heteroatoms. The Bertz CT molecular complexity index is 643. The molecule has 0 radical (unpaired) electrons. The van der Waals surface area contributed by atoms with Crippen LogP contribution < -0.4 is 10.6 Å². The maximum atomic E-state index is 11.7. The van der Waals surface area contributed by atoms with Gasteiger partial charge in [0.2, 0.25) is 0 Å². The SMILES string of the molecule is O=C(Nc1ccccc1)Nc1cc([N+](=O)[O-])ccc1O. The Balaban J connectivity index is 2.11. The molecule has 2 aromatic carbocycles. The van der Waals surface area contributed by atoms with Crippen LogP contribution in [0, 0.1) is 10.1 Å². The minimum Gasteiger partial charge on any atom is -0.506 e. The lowest BCUT2D eigenvalue weighted by atomic mass is 10.2. The van der Waals surface area contributed by atoms with Crippen molar-refractivity contribution in [3.8, 4) is 5.75 Å². The average molecular weight is 273 g/mol. The number of rotatable bonds is 3. The van der Waals surface area contributed by atoms with Gasteiger partial charge in [0.25, 0.3) is 5.69 Å². The summed E-state index contributed by atoms with van der Waals surface area (Å²) in [7, 11) is 0. The van der Waals surface area contributed by atoms with Crippen molar-refractivity contribution in [3.63, 3.8) is 0 Å². The van der Waals surface area contributed by atoms with Crippen molar-refractivity contribution < 1.29 is 14.8 Å². The summed E-state index contributed by atoms with van der Waals surface area (Å²) in [6.07, 6.45) is 0. The fraction of sp³-hybridized carbons (Fsp3) is 0. The summed E-state index contributed by atoms with van der Waals surface area (Å²) in [4.78, 5) is 21.7. The first kappa shape index (κ1) is 13.3. The molecule has 20 heavy (non-hydrogen) atoms. The van der Waals surface area contributed by atoms with Crippen molar-refractivity contribution in [2.45, 2.75) is 0 Å². The number of phenols is 1. The third-order valence-electron chi connectivity index (χ3n) is 2.47. The maximum absolute atomic E-state index is 11.7. The van der Waals surface area contributed by atoms with Gasteiger partial charge in [-0.3, -0.25) is 10.1 Å². The Kier molecular flexibility index (Phi) is 3.80. The smallest absolute Gasteiger partial charge is 0.323 e. The summed E-state index contributed by atoms with van der Waals surface area (Å²) in [6.45, 7) is 0. The molecule has 3 N–H and O–H groups in total. The number of nitro benzene ring substituents is 1. The van der Waals surface area contributed by atoms with Crippen molar-refractivity contribution in [1.82, 2.24) is 0 Å². The van der Waals surface area contributed by atoms with Crippen molar-refractivity contribution in [2.75, 3.05) is 10.6 Å². The van der Waals surface area contributed by atoms with Crippen molar-refractivity contribution in [1.29, 1.82) is 0 Å². The Morgan fingerprint density at radius 1 is 1.10 bits per heavy atom. The summed E-state index contributed by atoms with van der Waals surface area (Å²) < 4.78 is 0. The second-order valence-corrected chi connectivity index (χ2v) is 3.90. The highest BCUT2D eigenvalue weighted by Crippen LogP contribution is 2.27. The Hall–Kier alpha value is -3.09. The van der Waals surface area contributed by atoms with Crippen molar-refractivity contribution >= 4 is 23.1 Å². The fourth-order valence-corrected chi connectivity index (χ4v) is 1.54. The van der Waals surface area contributed by atoms with E-state index >= 15 is 0 Å². The second kappa shape index (κ2) is 5.70. The van der Waals surface area contributed by atoms with Crippen LogP contribution in [-0.4, -0.2) is 16.1 Å². The highest BCUT2D eigenvalue weighted by atomic mass is 16.6. The molecule has 0 atom stereocenters. The lowest BCUT2D eigenvalue weighted by molar-refractivity contribution is -0.384. The van der Waals surface area contributed by atoms with E-state index in [4.69, 9.17) is 0 Å². The zero-order valence-electron chi connectivity index (χ0n) is 10.2. The van der Waals surface area contributed by atoms with Gasteiger partial charge in [-0.2, -0.15) is 0 Å². The molecule has 0 aliphatic heterocycles. The lowest BCUT2D eigenvalue weighted by Crippen LogP contribution is -2.19. The number of nitro groups is 1. The van der Waals surface area contributed by atoms with Crippen LogP contribution in [0.1, 0.15) is 0 Å². The van der Waals surface area contributed by atoms with Gasteiger partial charge in [0.15, 0.2) is 0 Å². The molecule has 0 aliphatic carbocycles. The molecule has 2 rings (SSSR count). The van der Waals surface area contributed by atoms with Gasteiger partial charge in [0.1, 0.15) is 5.75 Å². The van der Waals surface area contributed by atoms with E-state index in [1.807, 2.05) is 0 Å². The minimum atomic E-state index is -0.611. The van der Waals surface area contributed by atoms with Gasteiger partial charge < -0.3 is 15.7 Å². The molecule has 2 amide bonds. The largest absolute Gasteiger partial charge is 0.506 e. The molecule has 2 aromatic rings. The number of urea groups is 1. The van der Waals surface area contributed by atoms with Gasteiger partial charge >= 0.3 is 6.03 Å². The number of nitrogens with zero attached hydrogens (tertiary/aromatic N) is 1. The maximum Gasteiger partial charge on any atom is 0.323 e. The molecule has 7 nitrogen and oxygen atoms in total. The molecule has 0 aliphatic rings. The zero-order valence-corrected chi connectivity index (χ0v) is 10.2. The Morgan fingerprint density at radius 2 is 1.80 bits per heavy atom. The lowest BCUT2D eigenvalue weighted by Gasteiger charge is -2.08. The standard InChI is InChI=1S/C13H11N3O4/c17-12-7-6-10(16(19)20)8-11(12)15-13(18)14-9-4-2-1-3-5-9/h1-8,17H,(H2,14,15,18). The van der Waals surface area contributed by atoms with Crippen LogP contribution >= 0.6 is 0 Å². The number of hydrogen-bond acceptors (Lipinski definition) is 4. The molecule has 0 heterocycles. The van der Waals surface area contributed by atoms with Gasteiger partial charge in [0, 0.05) is 17.8 Å². The summed E-state index contributed by atoms with van der Waals surface area (Å²) in [6, 6.07) is 11.5. The highest BCUT2D eigenvalue weighted by molar-refractivity contribution is 6.00. The number of carbonyl (C=O) groups excluding carboxylic acids is 1. The molecular weight excluding hydrogens is 262 g/mol. The van der Waals surface area contributed by atoms with E-state index in [2.05, 4.69) is 10.6 Å². The molecule has 0 saturated heterocycles. The number of non-ortho nitro benzene ring substituents is 1. The van der Waals surface area contributed by atoms with Crippen LogP contribution in [0.5, 0.6) is 5.75 Å². The van der Waals surface area contributed by atoms with Crippen LogP contribution in [0.3, 0.4) is 0 Å². The van der Waals surface area contributed by atoms with E-state index in [1.165, 1.54) is 0 Å². The number of amides is 2. The average Bonchev–Trinajstić information content (AvgIpc) is 2.42. The van der Waals surface area contributed by atoms with Crippen molar-refractivity contribution in [3.05, 3.63) is 58.6 Å². The molecule has 102 valence electrons. The Labute approximate surface area is 114 Å². The van der Waals surface area contributed by atoms with E-state index in [9.17, 15) is 20.0 Å². The van der Waals surface area contributed by atoms with Crippen LogP contribution in [0.4, 0.5) is 21.9 Å². The molecule has 0 fully saturated rings. The molecule has 0 bridgehead atoms. The topological polar surface area (TPSA) is 104 Å².